The molecule has 0 bridgehead atoms. The van der Waals surface area contributed by atoms with Crippen LogP contribution >= 0.6 is 11.3 Å². The summed E-state index contributed by atoms with van der Waals surface area (Å²) in [7, 11) is 0. The molecule has 0 saturated carbocycles. The Balaban J connectivity index is 1.49. The molecule has 1 atom stereocenters. The van der Waals surface area contributed by atoms with E-state index in [1.54, 1.807) is 16.2 Å². The Hall–Kier alpha value is -2.24. The zero-order valence-corrected chi connectivity index (χ0v) is 13.3. The fourth-order valence-electron chi connectivity index (χ4n) is 2.41. The molecule has 7 nitrogen and oxygen atoms in total. The van der Waals surface area contributed by atoms with Crippen LogP contribution in [0.5, 0.6) is 0 Å². The number of hydrogen-bond acceptors (Lipinski definition) is 7. The molecule has 1 amide bonds. The highest BCUT2D eigenvalue weighted by Gasteiger charge is 2.26. The monoisotopic (exact) mass is 332 g/mol. The van der Waals surface area contributed by atoms with E-state index in [9.17, 15) is 4.79 Å². The van der Waals surface area contributed by atoms with Crippen LogP contribution in [0.4, 0.5) is 0 Å². The van der Waals surface area contributed by atoms with Crippen LogP contribution in [0.3, 0.4) is 0 Å². The summed E-state index contributed by atoms with van der Waals surface area (Å²) in [6.45, 7) is 1.24. The van der Waals surface area contributed by atoms with E-state index in [0.29, 0.717) is 44.1 Å². The zero-order chi connectivity index (χ0) is 16.1. The van der Waals surface area contributed by atoms with Crippen molar-refractivity contribution in [1.29, 1.82) is 5.26 Å². The van der Waals surface area contributed by atoms with E-state index in [1.807, 2.05) is 17.5 Å². The fraction of sp³-hybridized carbons (Fsp3) is 0.467. The van der Waals surface area contributed by atoms with Crippen LogP contribution in [0.15, 0.2) is 22.0 Å². The van der Waals surface area contributed by atoms with Crippen molar-refractivity contribution in [2.45, 2.75) is 25.3 Å². The average Bonchev–Trinajstić information content (AvgIpc) is 3.26. The van der Waals surface area contributed by atoms with Gasteiger partial charge in [-0.25, -0.2) is 0 Å². The molecule has 23 heavy (non-hydrogen) atoms. The molecule has 120 valence electrons. The Kier molecular flexibility index (Phi) is 5.00. The Morgan fingerprint density at radius 2 is 2.48 bits per heavy atom. The van der Waals surface area contributed by atoms with Crippen molar-refractivity contribution < 1.29 is 14.1 Å². The molecule has 1 aliphatic heterocycles. The molecule has 0 spiro atoms. The first-order valence-electron chi connectivity index (χ1n) is 7.41. The summed E-state index contributed by atoms with van der Waals surface area (Å²) in [4.78, 5) is 19.1. The minimum atomic E-state index is -0.481. The van der Waals surface area contributed by atoms with Crippen molar-refractivity contribution in [3.05, 3.63) is 23.4 Å². The SMILES string of the molecule is N#C[C@@H]1COCCN1C(=O)CCCc1nc(-c2cccs2)no1. The molecule has 0 N–H and O–H groups in total. The van der Waals surface area contributed by atoms with Crippen LogP contribution in [0, 0.1) is 11.3 Å². The average molecular weight is 332 g/mol. The quantitative estimate of drug-likeness (QED) is 0.830. The van der Waals surface area contributed by atoms with Crippen molar-refractivity contribution in [3.63, 3.8) is 0 Å². The number of amides is 1. The summed E-state index contributed by atoms with van der Waals surface area (Å²) in [5, 5.41) is 14.9. The van der Waals surface area contributed by atoms with E-state index in [0.717, 1.165) is 4.88 Å². The van der Waals surface area contributed by atoms with E-state index < -0.39 is 6.04 Å². The fourth-order valence-corrected chi connectivity index (χ4v) is 3.06. The molecule has 8 heteroatoms. The molecule has 2 aromatic heterocycles. The minimum Gasteiger partial charge on any atom is -0.376 e. The van der Waals surface area contributed by atoms with Gasteiger partial charge in [-0.2, -0.15) is 10.2 Å². The van der Waals surface area contributed by atoms with E-state index in [2.05, 4.69) is 16.2 Å². The summed E-state index contributed by atoms with van der Waals surface area (Å²) in [6.07, 6.45) is 1.51. The largest absolute Gasteiger partial charge is 0.376 e. The first-order valence-corrected chi connectivity index (χ1v) is 8.29. The van der Waals surface area contributed by atoms with Gasteiger partial charge in [0.05, 0.1) is 24.2 Å². The molecule has 2 aromatic rings. The van der Waals surface area contributed by atoms with Crippen LogP contribution in [-0.4, -0.2) is 46.7 Å². The number of thiophene rings is 1. The van der Waals surface area contributed by atoms with Gasteiger partial charge in [0, 0.05) is 19.4 Å². The summed E-state index contributed by atoms with van der Waals surface area (Å²) in [6, 6.07) is 5.49. The van der Waals surface area contributed by atoms with Crippen molar-refractivity contribution >= 4 is 17.2 Å². The molecule has 1 fully saturated rings. The number of nitriles is 1. The van der Waals surface area contributed by atoms with Gasteiger partial charge in [-0.1, -0.05) is 11.2 Å². The van der Waals surface area contributed by atoms with Crippen LogP contribution in [0.2, 0.25) is 0 Å². The number of carbonyl (C=O) groups excluding carboxylic acids is 1. The van der Waals surface area contributed by atoms with Gasteiger partial charge in [-0.15, -0.1) is 11.3 Å². The molecular weight excluding hydrogens is 316 g/mol. The third-order valence-electron chi connectivity index (χ3n) is 3.59. The van der Waals surface area contributed by atoms with Crippen molar-refractivity contribution in [3.8, 4) is 16.8 Å². The number of nitrogens with zero attached hydrogens (tertiary/aromatic N) is 4. The molecular formula is C15H16N4O3S. The highest BCUT2D eigenvalue weighted by molar-refractivity contribution is 7.13. The molecule has 3 heterocycles. The lowest BCUT2D eigenvalue weighted by atomic mass is 10.1. The summed E-state index contributed by atoms with van der Waals surface area (Å²) in [5.74, 6) is 1.08. The third kappa shape index (κ3) is 3.75. The van der Waals surface area contributed by atoms with Gasteiger partial charge >= 0.3 is 0 Å². The smallest absolute Gasteiger partial charge is 0.226 e. The highest BCUT2D eigenvalue weighted by atomic mass is 32.1. The Labute approximate surface area is 137 Å². The van der Waals surface area contributed by atoms with Gasteiger partial charge < -0.3 is 14.2 Å². The first kappa shape index (κ1) is 15.6. The molecule has 0 aliphatic carbocycles. The molecule has 1 aliphatic rings. The second-order valence-corrected chi connectivity index (χ2v) is 6.10. The number of morpholine rings is 1. The minimum absolute atomic E-state index is 0.0298. The Bertz CT molecular complexity index is 692. The number of hydrogen-bond donors (Lipinski definition) is 0. The van der Waals surface area contributed by atoms with Crippen molar-refractivity contribution in [1.82, 2.24) is 15.0 Å². The maximum atomic E-state index is 12.2. The van der Waals surface area contributed by atoms with Crippen molar-refractivity contribution in [2.24, 2.45) is 0 Å². The van der Waals surface area contributed by atoms with E-state index in [1.165, 1.54) is 0 Å². The van der Waals surface area contributed by atoms with E-state index in [4.69, 9.17) is 14.5 Å². The van der Waals surface area contributed by atoms with Crippen LogP contribution < -0.4 is 0 Å². The van der Waals surface area contributed by atoms with Crippen LogP contribution in [-0.2, 0) is 16.0 Å². The summed E-state index contributed by atoms with van der Waals surface area (Å²) in [5.41, 5.74) is 0. The predicted octanol–water partition coefficient (Wildman–Crippen LogP) is 1.87. The summed E-state index contributed by atoms with van der Waals surface area (Å²) >= 11 is 1.55. The van der Waals surface area contributed by atoms with Gasteiger partial charge in [0.25, 0.3) is 0 Å². The number of aryl methyl sites for hydroxylation is 1. The number of rotatable bonds is 5. The lowest BCUT2D eigenvalue weighted by Crippen LogP contribution is -2.47. The Morgan fingerprint density at radius 3 is 3.26 bits per heavy atom. The van der Waals surface area contributed by atoms with Gasteiger partial charge in [0.2, 0.25) is 17.6 Å². The lowest BCUT2D eigenvalue weighted by Gasteiger charge is -2.31. The third-order valence-corrected chi connectivity index (χ3v) is 4.45. The van der Waals surface area contributed by atoms with E-state index >= 15 is 0 Å². The second-order valence-electron chi connectivity index (χ2n) is 5.15. The molecule has 3 rings (SSSR count). The maximum absolute atomic E-state index is 12.2. The van der Waals surface area contributed by atoms with Gasteiger partial charge in [-0.05, 0) is 17.9 Å². The van der Waals surface area contributed by atoms with Crippen LogP contribution in [0.1, 0.15) is 18.7 Å². The van der Waals surface area contributed by atoms with Gasteiger partial charge in [-0.3, -0.25) is 4.79 Å². The number of aromatic nitrogens is 2. The maximum Gasteiger partial charge on any atom is 0.226 e. The topological polar surface area (TPSA) is 92.2 Å². The van der Waals surface area contributed by atoms with E-state index in [-0.39, 0.29) is 12.5 Å². The molecule has 1 saturated heterocycles. The molecule has 0 unspecified atom stereocenters. The second kappa shape index (κ2) is 7.35. The number of ether oxygens (including phenoxy) is 1. The summed E-state index contributed by atoms with van der Waals surface area (Å²) < 4.78 is 10.4. The number of carbonyl (C=O) groups is 1. The lowest BCUT2D eigenvalue weighted by molar-refractivity contribution is -0.137. The normalized spacial score (nSPS) is 17.9. The first-order chi connectivity index (χ1) is 11.3. The predicted molar refractivity (Wildman–Crippen MR) is 82.5 cm³/mol. The standard InChI is InChI=1S/C15H16N4O3S/c16-9-11-10-21-7-6-19(11)14(20)5-1-4-13-17-15(18-22-13)12-3-2-8-23-12/h2-3,8,11H,1,4-7,10H2/t11-/m1/s1. The molecule has 0 radical (unpaired) electrons. The van der Waals surface area contributed by atoms with Gasteiger partial charge in [0.15, 0.2) is 0 Å². The van der Waals surface area contributed by atoms with Crippen LogP contribution in [0.25, 0.3) is 10.7 Å². The Morgan fingerprint density at radius 1 is 1.57 bits per heavy atom. The highest BCUT2D eigenvalue weighted by Crippen LogP contribution is 2.21. The van der Waals surface area contributed by atoms with Crippen molar-refractivity contribution in [2.75, 3.05) is 19.8 Å². The molecule has 0 aromatic carbocycles. The van der Waals surface area contributed by atoms with Gasteiger partial charge in [0.1, 0.15) is 6.04 Å². The zero-order valence-electron chi connectivity index (χ0n) is 12.5.